The molecule has 0 unspecified atom stereocenters. The number of hydrogen-bond donors (Lipinski definition) is 1. The van der Waals surface area contributed by atoms with Crippen molar-refractivity contribution in [3.8, 4) is 5.69 Å². The third kappa shape index (κ3) is 4.72. The number of hydrazone groups is 1. The van der Waals surface area contributed by atoms with E-state index in [1.165, 1.54) is 3.57 Å². The van der Waals surface area contributed by atoms with Crippen molar-refractivity contribution in [2.24, 2.45) is 5.10 Å². The Morgan fingerprint density at radius 1 is 1.31 bits per heavy atom. The van der Waals surface area contributed by atoms with Crippen LogP contribution in [0, 0.1) is 17.4 Å². The van der Waals surface area contributed by atoms with E-state index in [2.05, 4.69) is 86.8 Å². The van der Waals surface area contributed by atoms with Crippen molar-refractivity contribution in [3.05, 3.63) is 50.9 Å². The molecule has 1 saturated heterocycles. The zero-order valence-electron chi connectivity index (χ0n) is 15.0. The molecule has 1 aromatic carbocycles. The lowest BCUT2D eigenvalue weighted by Crippen LogP contribution is -2.42. The summed E-state index contributed by atoms with van der Waals surface area (Å²) in [7, 11) is 0. The molecule has 1 amide bonds. The molecule has 1 N–H and O–H groups in total. The lowest BCUT2D eigenvalue weighted by atomic mass is 10.2. The van der Waals surface area contributed by atoms with E-state index in [1.54, 1.807) is 6.21 Å². The maximum Gasteiger partial charge on any atom is 0.254 e. The predicted molar refractivity (Wildman–Crippen MR) is 111 cm³/mol. The van der Waals surface area contributed by atoms with Crippen LogP contribution in [0.4, 0.5) is 0 Å². The average Bonchev–Trinajstić information content (AvgIpc) is 2.89. The van der Waals surface area contributed by atoms with E-state index in [0.29, 0.717) is 19.8 Å². The van der Waals surface area contributed by atoms with E-state index in [4.69, 9.17) is 4.74 Å². The fourth-order valence-corrected chi connectivity index (χ4v) is 3.63. The van der Waals surface area contributed by atoms with Gasteiger partial charge in [0.05, 0.1) is 26.0 Å². The van der Waals surface area contributed by atoms with Crippen LogP contribution in [0.25, 0.3) is 5.69 Å². The molecule has 0 aliphatic carbocycles. The van der Waals surface area contributed by atoms with Gasteiger partial charge in [-0.25, -0.2) is 5.43 Å². The van der Waals surface area contributed by atoms with Gasteiger partial charge < -0.3 is 9.30 Å². The van der Waals surface area contributed by atoms with Gasteiger partial charge in [0, 0.05) is 39.3 Å². The SMILES string of the molecule is Cc1cc(/C=N/NC(=O)CN2CCOCC2)c(C)n1-c1cccc(I)c1. The molecular formula is C19H23IN4O2. The predicted octanol–water partition coefficient (Wildman–Crippen LogP) is 2.48. The van der Waals surface area contributed by atoms with Crippen LogP contribution >= 0.6 is 22.6 Å². The number of rotatable bonds is 5. The Kier molecular flexibility index (Phi) is 6.44. The smallest absolute Gasteiger partial charge is 0.254 e. The third-order valence-corrected chi connectivity index (χ3v) is 5.07. The summed E-state index contributed by atoms with van der Waals surface area (Å²) in [6, 6.07) is 10.4. The molecule has 1 aromatic heterocycles. The highest BCUT2D eigenvalue weighted by Crippen LogP contribution is 2.21. The van der Waals surface area contributed by atoms with Gasteiger partial charge >= 0.3 is 0 Å². The van der Waals surface area contributed by atoms with Gasteiger partial charge in [-0.05, 0) is 60.7 Å². The highest BCUT2D eigenvalue weighted by molar-refractivity contribution is 14.1. The number of aromatic nitrogens is 1. The molecule has 2 heterocycles. The molecule has 0 atom stereocenters. The van der Waals surface area contributed by atoms with Gasteiger partial charge in [0.2, 0.25) is 0 Å². The first-order valence-electron chi connectivity index (χ1n) is 8.61. The number of ether oxygens (including phenoxy) is 1. The maximum absolute atomic E-state index is 12.0. The van der Waals surface area contributed by atoms with Crippen molar-refractivity contribution >= 4 is 34.7 Å². The van der Waals surface area contributed by atoms with Crippen molar-refractivity contribution in [1.82, 2.24) is 14.9 Å². The van der Waals surface area contributed by atoms with Gasteiger partial charge in [-0.2, -0.15) is 5.10 Å². The number of nitrogens with one attached hydrogen (secondary N) is 1. The number of halogens is 1. The van der Waals surface area contributed by atoms with E-state index >= 15 is 0 Å². The monoisotopic (exact) mass is 466 g/mol. The first-order chi connectivity index (χ1) is 12.5. The highest BCUT2D eigenvalue weighted by atomic mass is 127. The Balaban J connectivity index is 1.65. The summed E-state index contributed by atoms with van der Waals surface area (Å²) in [5, 5.41) is 4.14. The molecular weight excluding hydrogens is 443 g/mol. The standard InChI is InChI=1S/C19H23IN4O2/c1-14-10-16(15(2)24(14)18-5-3-4-17(20)11-18)12-21-22-19(25)13-23-6-8-26-9-7-23/h3-5,10-12H,6-9,13H2,1-2H3,(H,22,25)/b21-12+. The molecule has 1 aliphatic heterocycles. The maximum atomic E-state index is 12.0. The topological polar surface area (TPSA) is 58.9 Å². The molecule has 3 rings (SSSR count). The molecule has 26 heavy (non-hydrogen) atoms. The van der Waals surface area contributed by atoms with Crippen LogP contribution < -0.4 is 5.43 Å². The number of morpholine rings is 1. The molecule has 2 aromatic rings. The van der Waals surface area contributed by atoms with Crippen molar-refractivity contribution < 1.29 is 9.53 Å². The summed E-state index contributed by atoms with van der Waals surface area (Å²) in [5.41, 5.74) is 6.97. The zero-order valence-corrected chi connectivity index (χ0v) is 17.2. The minimum absolute atomic E-state index is 0.102. The van der Waals surface area contributed by atoms with Crippen molar-refractivity contribution in [1.29, 1.82) is 0 Å². The summed E-state index contributed by atoms with van der Waals surface area (Å²) in [6.07, 6.45) is 1.71. The number of amides is 1. The summed E-state index contributed by atoms with van der Waals surface area (Å²) in [5.74, 6) is -0.102. The Labute approximate surface area is 167 Å². The fourth-order valence-electron chi connectivity index (χ4n) is 3.10. The van der Waals surface area contributed by atoms with Gasteiger partial charge in [-0.1, -0.05) is 6.07 Å². The molecule has 1 aliphatic rings. The minimum atomic E-state index is -0.102. The first kappa shape index (κ1) is 19.1. The van der Waals surface area contributed by atoms with E-state index in [-0.39, 0.29) is 5.91 Å². The van der Waals surface area contributed by atoms with Crippen molar-refractivity contribution in [3.63, 3.8) is 0 Å². The number of benzene rings is 1. The fraction of sp³-hybridized carbons (Fsp3) is 0.368. The summed E-state index contributed by atoms with van der Waals surface area (Å²) in [4.78, 5) is 14.1. The molecule has 0 radical (unpaired) electrons. The van der Waals surface area contributed by atoms with E-state index in [0.717, 1.165) is 35.7 Å². The number of hydrogen-bond acceptors (Lipinski definition) is 4. The second-order valence-electron chi connectivity index (χ2n) is 6.32. The normalized spacial score (nSPS) is 15.5. The van der Waals surface area contributed by atoms with Crippen LogP contribution in [0.1, 0.15) is 17.0 Å². The van der Waals surface area contributed by atoms with Gasteiger partial charge in [-0.15, -0.1) is 0 Å². The van der Waals surface area contributed by atoms with E-state index in [9.17, 15) is 4.79 Å². The van der Waals surface area contributed by atoms with Crippen LogP contribution in [0.15, 0.2) is 35.4 Å². The molecule has 0 saturated carbocycles. The Hall–Kier alpha value is -1.71. The number of nitrogens with zero attached hydrogens (tertiary/aromatic N) is 3. The van der Waals surface area contributed by atoms with Crippen molar-refractivity contribution in [2.45, 2.75) is 13.8 Å². The summed E-state index contributed by atoms with van der Waals surface area (Å²) in [6.45, 7) is 7.41. The summed E-state index contributed by atoms with van der Waals surface area (Å²) >= 11 is 2.32. The second-order valence-corrected chi connectivity index (χ2v) is 7.57. The quantitative estimate of drug-likeness (QED) is 0.419. The number of aryl methyl sites for hydroxylation is 1. The highest BCUT2D eigenvalue weighted by Gasteiger charge is 2.14. The lowest BCUT2D eigenvalue weighted by molar-refractivity contribution is -0.123. The van der Waals surface area contributed by atoms with Gasteiger partial charge in [0.25, 0.3) is 5.91 Å². The molecule has 0 bridgehead atoms. The van der Waals surface area contributed by atoms with Crippen LogP contribution in [0.3, 0.4) is 0 Å². The van der Waals surface area contributed by atoms with Gasteiger partial charge in [0.15, 0.2) is 0 Å². The van der Waals surface area contributed by atoms with Crippen LogP contribution in [-0.2, 0) is 9.53 Å². The van der Waals surface area contributed by atoms with Crippen molar-refractivity contribution in [2.75, 3.05) is 32.8 Å². The van der Waals surface area contributed by atoms with Gasteiger partial charge in [-0.3, -0.25) is 9.69 Å². The summed E-state index contributed by atoms with van der Waals surface area (Å²) < 4.78 is 8.67. The molecule has 7 heteroatoms. The largest absolute Gasteiger partial charge is 0.379 e. The zero-order chi connectivity index (χ0) is 18.5. The molecule has 1 fully saturated rings. The minimum Gasteiger partial charge on any atom is -0.379 e. The van der Waals surface area contributed by atoms with E-state index < -0.39 is 0 Å². The number of carbonyl (C=O) groups is 1. The Bertz CT molecular complexity index is 810. The van der Waals surface area contributed by atoms with Crippen LogP contribution in [0.5, 0.6) is 0 Å². The second kappa shape index (κ2) is 8.79. The van der Waals surface area contributed by atoms with Crippen LogP contribution in [-0.4, -0.2) is 54.4 Å². The van der Waals surface area contributed by atoms with Crippen LogP contribution in [0.2, 0.25) is 0 Å². The number of carbonyl (C=O) groups excluding carboxylic acids is 1. The Morgan fingerprint density at radius 3 is 2.81 bits per heavy atom. The first-order valence-corrected chi connectivity index (χ1v) is 9.69. The third-order valence-electron chi connectivity index (χ3n) is 4.40. The van der Waals surface area contributed by atoms with E-state index in [1.807, 2.05) is 0 Å². The molecule has 0 spiro atoms. The average molecular weight is 466 g/mol. The van der Waals surface area contributed by atoms with Gasteiger partial charge in [0.1, 0.15) is 0 Å². The molecule has 6 nitrogen and oxygen atoms in total. The lowest BCUT2D eigenvalue weighted by Gasteiger charge is -2.25. The Morgan fingerprint density at radius 2 is 2.08 bits per heavy atom. The molecule has 138 valence electrons.